The number of likely N-dealkylation sites (tertiary alicyclic amines) is 1. The predicted molar refractivity (Wildman–Crippen MR) is 121 cm³/mol. The second kappa shape index (κ2) is 7.52. The zero-order valence-corrected chi connectivity index (χ0v) is 18.0. The van der Waals surface area contributed by atoms with Crippen molar-refractivity contribution in [1.29, 1.82) is 0 Å². The van der Waals surface area contributed by atoms with Gasteiger partial charge in [0.15, 0.2) is 0 Å². The molecule has 0 bridgehead atoms. The highest BCUT2D eigenvalue weighted by molar-refractivity contribution is 7.21. The van der Waals surface area contributed by atoms with Crippen LogP contribution in [0.2, 0.25) is 0 Å². The van der Waals surface area contributed by atoms with Gasteiger partial charge in [-0.1, -0.05) is 26.0 Å². The summed E-state index contributed by atoms with van der Waals surface area (Å²) in [5, 5.41) is 11.8. The van der Waals surface area contributed by atoms with Crippen LogP contribution in [0.1, 0.15) is 43.9 Å². The van der Waals surface area contributed by atoms with Gasteiger partial charge in [-0.15, -0.1) is 11.3 Å². The van der Waals surface area contributed by atoms with Crippen molar-refractivity contribution in [3.63, 3.8) is 0 Å². The van der Waals surface area contributed by atoms with Gasteiger partial charge in [-0.3, -0.25) is 9.69 Å². The first-order chi connectivity index (χ1) is 14.5. The topological polar surface area (TPSA) is 66.6 Å². The van der Waals surface area contributed by atoms with Gasteiger partial charge in [0.25, 0.3) is 0 Å². The number of aromatic hydroxyl groups is 1. The lowest BCUT2D eigenvalue weighted by atomic mass is 10.0. The van der Waals surface area contributed by atoms with Crippen LogP contribution in [0, 0.1) is 0 Å². The van der Waals surface area contributed by atoms with Gasteiger partial charge < -0.3 is 9.52 Å². The molecule has 1 aliphatic heterocycles. The van der Waals surface area contributed by atoms with Gasteiger partial charge in [0.05, 0.1) is 26.7 Å². The minimum absolute atomic E-state index is 0.00565. The lowest BCUT2D eigenvalue weighted by Crippen LogP contribution is -2.19. The highest BCUT2D eigenvalue weighted by atomic mass is 32.1. The van der Waals surface area contributed by atoms with Crippen LogP contribution >= 0.6 is 11.3 Å². The maximum absolute atomic E-state index is 13.6. The summed E-state index contributed by atoms with van der Waals surface area (Å²) in [7, 11) is 0. The van der Waals surface area contributed by atoms with Crippen molar-refractivity contribution in [3.8, 4) is 16.3 Å². The van der Waals surface area contributed by atoms with Crippen molar-refractivity contribution in [2.45, 2.75) is 39.2 Å². The molecule has 2 aromatic carbocycles. The molecule has 6 heteroatoms. The number of fused-ring (bicyclic) bond motifs is 2. The average molecular weight is 421 g/mol. The number of benzene rings is 2. The number of thiazole rings is 1. The van der Waals surface area contributed by atoms with Crippen LogP contribution in [-0.4, -0.2) is 28.1 Å². The maximum atomic E-state index is 13.6. The molecule has 2 aromatic heterocycles. The number of rotatable bonds is 4. The van der Waals surface area contributed by atoms with E-state index in [1.54, 1.807) is 12.1 Å². The second-order valence-electron chi connectivity index (χ2n) is 8.24. The van der Waals surface area contributed by atoms with Gasteiger partial charge in [-0.05, 0) is 50.2 Å². The van der Waals surface area contributed by atoms with Crippen molar-refractivity contribution in [2.75, 3.05) is 13.1 Å². The van der Waals surface area contributed by atoms with E-state index < -0.39 is 0 Å². The first-order valence-electron chi connectivity index (χ1n) is 10.4. The molecule has 1 saturated heterocycles. The smallest absolute Gasteiger partial charge is 0.203 e. The molecule has 0 unspecified atom stereocenters. The number of para-hydroxylation sites is 1. The molecule has 5 rings (SSSR count). The fourth-order valence-electron chi connectivity index (χ4n) is 4.23. The zero-order chi connectivity index (χ0) is 20.8. The molecule has 0 amide bonds. The zero-order valence-electron chi connectivity index (χ0n) is 17.1. The van der Waals surface area contributed by atoms with Crippen LogP contribution in [0.5, 0.6) is 5.75 Å². The number of phenols is 1. The summed E-state index contributed by atoms with van der Waals surface area (Å²) in [5.74, 6) is 0.811. The third-order valence-electron chi connectivity index (χ3n) is 5.78. The molecule has 154 valence electrons. The van der Waals surface area contributed by atoms with E-state index in [-0.39, 0.29) is 17.1 Å². The molecule has 4 aromatic rings. The van der Waals surface area contributed by atoms with E-state index in [0.717, 1.165) is 36.1 Å². The molecular formula is C24H24N2O3S. The number of hydrogen-bond donors (Lipinski definition) is 1. The molecule has 5 nitrogen and oxygen atoms in total. The van der Waals surface area contributed by atoms with Crippen LogP contribution < -0.4 is 5.43 Å². The molecule has 0 spiro atoms. The van der Waals surface area contributed by atoms with Gasteiger partial charge in [0.2, 0.25) is 5.43 Å². The molecule has 0 radical (unpaired) electrons. The Kier molecular flexibility index (Phi) is 4.83. The van der Waals surface area contributed by atoms with Crippen molar-refractivity contribution in [2.24, 2.45) is 0 Å². The Morgan fingerprint density at radius 1 is 1.17 bits per heavy atom. The summed E-state index contributed by atoms with van der Waals surface area (Å²) in [5.41, 5.74) is 2.54. The van der Waals surface area contributed by atoms with E-state index in [9.17, 15) is 9.90 Å². The third kappa shape index (κ3) is 3.20. The Hall–Kier alpha value is -2.70. The van der Waals surface area contributed by atoms with Crippen LogP contribution in [0.15, 0.2) is 45.6 Å². The number of phenolic OH excluding ortho intramolecular Hbond substituents is 1. The first-order valence-corrected chi connectivity index (χ1v) is 11.2. The summed E-state index contributed by atoms with van der Waals surface area (Å²) < 4.78 is 7.43. The fraction of sp³-hybridized carbons (Fsp3) is 0.333. The van der Waals surface area contributed by atoms with E-state index in [4.69, 9.17) is 9.40 Å². The summed E-state index contributed by atoms with van der Waals surface area (Å²) in [6, 6.07) is 11.2. The van der Waals surface area contributed by atoms with Gasteiger partial charge >= 0.3 is 0 Å². The fourth-order valence-corrected chi connectivity index (χ4v) is 5.24. The first kappa shape index (κ1) is 19.3. The summed E-state index contributed by atoms with van der Waals surface area (Å²) >= 11 is 1.51. The number of aromatic nitrogens is 1. The highest BCUT2D eigenvalue weighted by Crippen LogP contribution is 2.37. The van der Waals surface area contributed by atoms with E-state index in [0.29, 0.717) is 39.4 Å². The quantitative estimate of drug-likeness (QED) is 0.473. The highest BCUT2D eigenvalue weighted by Gasteiger charge is 2.25. The lowest BCUT2D eigenvalue weighted by Gasteiger charge is -2.18. The number of nitrogens with zero attached hydrogens (tertiary/aromatic N) is 2. The minimum atomic E-state index is -0.0818. The van der Waals surface area contributed by atoms with Crippen molar-refractivity contribution in [1.82, 2.24) is 9.88 Å². The van der Waals surface area contributed by atoms with Crippen LogP contribution in [0.25, 0.3) is 31.8 Å². The second-order valence-corrected chi connectivity index (χ2v) is 9.27. The Morgan fingerprint density at radius 3 is 2.67 bits per heavy atom. The monoisotopic (exact) mass is 420 g/mol. The van der Waals surface area contributed by atoms with Gasteiger partial charge in [0.1, 0.15) is 22.1 Å². The van der Waals surface area contributed by atoms with Gasteiger partial charge in [0, 0.05) is 12.5 Å². The largest absolute Gasteiger partial charge is 0.507 e. The average Bonchev–Trinajstić information content (AvgIpc) is 3.39. The van der Waals surface area contributed by atoms with Gasteiger partial charge in [-0.2, -0.15) is 0 Å². The van der Waals surface area contributed by atoms with E-state index in [1.165, 1.54) is 11.3 Å². The van der Waals surface area contributed by atoms with E-state index >= 15 is 0 Å². The standard InChI is InChI=1S/C24H24N2O3S/c1-14(2)22-20(24-25-17-7-3-4-8-19(17)30-24)21(28)15-9-10-18(27)16(23(15)29-22)13-26-11-5-6-12-26/h3-4,7-10,14,27H,5-6,11-13H2,1-2H3. The Bertz CT molecular complexity index is 1270. The third-order valence-corrected chi connectivity index (χ3v) is 6.83. The molecule has 0 atom stereocenters. The number of hydrogen-bond acceptors (Lipinski definition) is 6. The molecule has 30 heavy (non-hydrogen) atoms. The normalized spacial score (nSPS) is 15.0. The van der Waals surface area contributed by atoms with Crippen LogP contribution in [0.4, 0.5) is 0 Å². The maximum Gasteiger partial charge on any atom is 0.203 e. The van der Waals surface area contributed by atoms with Gasteiger partial charge in [-0.25, -0.2) is 4.98 Å². The Labute approximate surface area is 178 Å². The van der Waals surface area contributed by atoms with Crippen LogP contribution in [-0.2, 0) is 6.54 Å². The van der Waals surface area contributed by atoms with Crippen molar-refractivity contribution < 1.29 is 9.52 Å². The minimum Gasteiger partial charge on any atom is -0.507 e. The van der Waals surface area contributed by atoms with E-state index in [1.807, 2.05) is 38.1 Å². The molecule has 0 saturated carbocycles. The van der Waals surface area contributed by atoms with Crippen molar-refractivity contribution in [3.05, 3.63) is 57.9 Å². The Balaban J connectivity index is 1.75. The summed E-state index contributed by atoms with van der Waals surface area (Å²) in [6.45, 7) is 6.62. The SMILES string of the molecule is CC(C)c1oc2c(CN3CCCC3)c(O)ccc2c(=O)c1-c1nc2ccccc2s1. The molecule has 3 heterocycles. The Morgan fingerprint density at radius 2 is 1.93 bits per heavy atom. The summed E-state index contributed by atoms with van der Waals surface area (Å²) in [6.07, 6.45) is 2.32. The predicted octanol–water partition coefficient (Wildman–Crippen LogP) is 5.49. The van der Waals surface area contributed by atoms with Crippen LogP contribution in [0.3, 0.4) is 0 Å². The van der Waals surface area contributed by atoms with E-state index in [2.05, 4.69) is 4.90 Å². The lowest BCUT2D eigenvalue weighted by molar-refractivity contribution is 0.323. The van der Waals surface area contributed by atoms with Crippen molar-refractivity contribution >= 4 is 32.5 Å². The summed E-state index contributed by atoms with van der Waals surface area (Å²) in [4.78, 5) is 20.7. The molecule has 1 aliphatic rings. The molecule has 0 aliphatic carbocycles. The molecule has 1 N–H and O–H groups in total. The molecule has 1 fully saturated rings. The molecular weight excluding hydrogens is 396 g/mol.